The minimum Gasteiger partial charge on any atom is -0.382 e. The average Bonchev–Trinajstić information content (AvgIpc) is 3.16. The quantitative estimate of drug-likeness (QED) is 0.465. The van der Waals surface area contributed by atoms with Crippen LogP contribution < -0.4 is 5.32 Å². The number of quaternary nitrogens is 1. The second kappa shape index (κ2) is 8.21. The Bertz CT molecular complexity index is 979. The lowest BCUT2D eigenvalue weighted by molar-refractivity contribution is -0.663. The Morgan fingerprint density at radius 3 is 2.11 bits per heavy atom. The molecule has 3 aromatic carbocycles. The number of hydrogen-bond acceptors (Lipinski definition) is 1. The molecule has 2 atom stereocenters. The van der Waals surface area contributed by atoms with Gasteiger partial charge in [0.1, 0.15) is 12.6 Å². The van der Waals surface area contributed by atoms with Crippen molar-refractivity contribution < 1.29 is 10.4 Å². The summed E-state index contributed by atoms with van der Waals surface area (Å²) in [5.41, 5.74) is 4.74. The summed E-state index contributed by atoms with van der Waals surface area (Å²) in [7, 11) is 0. The van der Waals surface area contributed by atoms with Crippen molar-refractivity contribution >= 4 is 10.9 Å². The van der Waals surface area contributed by atoms with Crippen molar-refractivity contribution in [2.75, 3.05) is 13.1 Å². The third kappa shape index (κ3) is 3.95. The van der Waals surface area contributed by atoms with Crippen molar-refractivity contribution in [2.24, 2.45) is 0 Å². The van der Waals surface area contributed by atoms with E-state index in [0.717, 1.165) is 17.6 Å². The number of fused-ring (bicyclic) bond motifs is 1. The lowest BCUT2D eigenvalue weighted by Crippen LogP contribution is -2.86. The molecular weight excluding hydrogens is 332 g/mol. The van der Waals surface area contributed by atoms with Crippen molar-refractivity contribution in [3.8, 4) is 0 Å². The van der Waals surface area contributed by atoms with Gasteiger partial charge in [0.05, 0.1) is 12.5 Å². The van der Waals surface area contributed by atoms with E-state index in [1.165, 1.54) is 16.5 Å². The van der Waals surface area contributed by atoms with E-state index in [-0.39, 0.29) is 5.92 Å². The molecule has 4 N–H and O–H groups in total. The monoisotopic (exact) mass is 357 g/mol. The Hall–Kier alpha value is -2.88. The van der Waals surface area contributed by atoms with Crippen molar-refractivity contribution in [2.45, 2.75) is 12.0 Å². The zero-order valence-electron chi connectivity index (χ0n) is 15.3. The molecule has 0 aliphatic rings. The van der Waals surface area contributed by atoms with E-state index in [1.54, 1.807) is 0 Å². The highest BCUT2D eigenvalue weighted by Crippen LogP contribution is 2.29. The van der Waals surface area contributed by atoms with Crippen LogP contribution in [0.25, 0.3) is 10.9 Å². The van der Waals surface area contributed by atoms with Crippen molar-refractivity contribution in [1.29, 1.82) is 0 Å². The number of nitrogens with two attached hydrogens (primary N) is 1. The van der Waals surface area contributed by atoms with Crippen LogP contribution in [0.5, 0.6) is 0 Å². The number of aromatic amines is 1. The van der Waals surface area contributed by atoms with E-state index in [0.29, 0.717) is 6.54 Å². The van der Waals surface area contributed by atoms with Crippen LogP contribution in [0.2, 0.25) is 0 Å². The minimum absolute atomic E-state index is 0.269. The number of benzene rings is 3. The molecule has 3 heteroatoms. The average molecular weight is 357 g/mol. The first-order valence-electron chi connectivity index (χ1n) is 9.48. The number of aliphatic hydroxyl groups excluding tert-OH is 1. The molecule has 0 bridgehead atoms. The molecule has 1 aromatic heterocycles. The molecule has 1 heterocycles. The lowest BCUT2D eigenvalue weighted by atomic mass is 9.91. The number of H-pyrrole nitrogens is 1. The molecule has 0 aliphatic heterocycles. The number of hydrogen-bond donors (Lipinski definition) is 3. The van der Waals surface area contributed by atoms with E-state index in [1.807, 2.05) is 30.3 Å². The molecule has 4 aromatic rings. The van der Waals surface area contributed by atoms with Gasteiger partial charge in [-0.25, -0.2) is 0 Å². The van der Waals surface area contributed by atoms with E-state index in [2.05, 4.69) is 71.1 Å². The molecule has 136 valence electrons. The Kier molecular flexibility index (Phi) is 5.33. The summed E-state index contributed by atoms with van der Waals surface area (Å²) in [6.45, 7) is 1.53. The molecule has 0 amide bonds. The van der Waals surface area contributed by atoms with E-state index < -0.39 is 6.10 Å². The number of para-hydroxylation sites is 1. The van der Waals surface area contributed by atoms with Crippen molar-refractivity contribution in [3.63, 3.8) is 0 Å². The summed E-state index contributed by atoms with van der Waals surface area (Å²) >= 11 is 0. The highest BCUT2D eigenvalue weighted by molar-refractivity contribution is 5.84. The molecular formula is C24H25N2O+. The van der Waals surface area contributed by atoms with Crippen LogP contribution in [-0.2, 0) is 0 Å². The zero-order chi connectivity index (χ0) is 18.5. The van der Waals surface area contributed by atoms with Crippen LogP contribution in [0.15, 0.2) is 91.1 Å². The summed E-state index contributed by atoms with van der Waals surface area (Å²) < 4.78 is 0. The molecule has 0 aliphatic carbocycles. The lowest BCUT2D eigenvalue weighted by Gasteiger charge is -2.17. The Labute approximate surface area is 159 Å². The molecule has 27 heavy (non-hydrogen) atoms. The van der Waals surface area contributed by atoms with E-state index >= 15 is 0 Å². The van der Waals surface area contributed by atoms with Gasteiger partial charge in [-0.05, 0) is 22.8 Å². The Morgan fingerprint density at radius 1 is 0.741 bits per heavy atom. The number of aliphatic hydroxyl groups is 1. The van der Waals surface area contributed by atoms with Crippen molar-refractivity contribution in [1.82, 2.24) is 4.98 Å². The number of aromatic nitrogens is 1. The highest BCUT2D eigenvalue weighted by atomic mass is 16.3. The van der Waals surface area contributed by atoms with Crippen LogP contribution in [0.3, 0.4) is 0 Å². The molecule has 0 saturated carbocycles. The third-order valence-electron chi connectivity index (χ3n) is 5.18. The van der Waals surface area contributed by atoms with Gasteiger partial charge in [0.2, 0.25) is 0 Å². The predicted molar refractivity (Wildman–Crippen MR) is 110 cm³/mol. The summed E-state index contributed by atoms with van der Waals surface area (Å²) in [6, 6.07) is 28.9. The molecule has 3 nitrogen and oxygen atoms in total. The van der Waals surface area contributed by atoms with Crippen LogP contribution in [0, 0.1) is 0 Å². The van der Waals surface area contributed by atoms with Crippen LogP contribution >= 0.6 is 0 Å². The molecule has 0 radical (unpaired) electrons. The van der Waals surface area contributed by atoms with Crippen LogP contribution in [0.1, 0.15) is 28.7 Å². The second-order valence-electron chi connectivity index (χ2n) is 6.94. The van der Waals surface area contributed by atoms with Gasteiger partial charge in [-0.3, -0.25) is 0 Å². The summed E-state index contributed by atoms with van der Waals surface area (Å²) in [6.07, 6.45) is 1.68. The van der Waals surface area contributed by atoms with E-state index in [4.69, 9.17) is 0 Å². The first-order chi connectivity index (χ1) is 13.3. The highest BCUT2D eigenvalue weighted by Gasteiger charge is 2.20. The van der Waals surface area contributed by atoms with Gasteiger partial charge in [-0.2, -0.15) is 0 Å². The minimum atomic E-state index is -0.453. The first kappa shape index (κ1) is 17.5. The fraction of sp³-hybridized carbons (Fsp3) is 0.167. The van der Waals surface area contributed by atoms with Gasteiger partial charge in [-0.1, -0.05) is 78.9 Å². The van der Waals surface area contributed by atoms with Gasteiger partial charge in [-0.15, -0.1) is 0 Å². The number of rotatable bonds is 7. The standard InChI is InChI=1S/C24H24N2O/c27-24(19-11-5-2-6-12-19)17-25-15-21(18-9-3-1-4-10-18)22-16-26-23-14-8-7-13-20(22)23/h1-14,16,21,24-27H,15,17H2/p+1/t21-,24+/m1/s1. The molecule has 4 rings (SSSR count). The van der Waals surface area contributed by atoms with Crippen LogP contribution in [0.4, 0.5) is 0 Å². The molecule has 0 spiro atoms. The maximum absolute atomic E-state index is 10.5. The first-order valence-corrected chi connectivity index (χ1v) is 9.48. The van der Waals surface area contributed by atoms with Gasteiger partial charge >= 0.3 is 0 Å². The zero-order valence-corrected chi connectivity index (χ0v) is 15.3. The van der Waals surface area contributed by atoms with Crippen molar-refractivity contribution in [3.05, 3.63) is 108 Å². The molecule has 0 unspecified atom stereocenters. The van der Waals surface area contributed by atoms with Gasteiger partial charge < -0.3 is 15.4 Å². The summed E-state index contributed by atoms with van der Waals surface area (Å²) in [5.74, 6) is 0.269. The normalized spacial score (nSPS) is 13.5. The third-order valence-corrected chi connectivity index (χ3v) is 5.18. The fourth-order valence-corrected chi connectivity index (χ4v) is 3.74. The Morgan fingerprint density at radius 2 is 1.37 bits per heavy atom. The fourth-order valence-electron chi connectivity index (χ4n) is 3.74. The van der Waals surface area contributed by atoms with E-state index in [9.17, 15) is 5.11 Å². The largest absolute Gasteiger partial charge is 0.382 e. The Balaban J connectivity index is 1.54. The van der Waals surface area contributed by atoms with Crippen LogP contribution in [-0.4, -0.2) is 23.2 Å². The smallest absolute Gasteiger partial charge is 0.128 e. The van der Waals surface area contributed by atoms with Gasteiger partial charge in [0.15, 0.2) is 0 Å². The molecule has 0 fully saturated rings. The van der Waals surface area contributed by atoms with Gasteiger partial charge in [0.25, 0.3) is 0 Å². The summed E-state index contributed by atoms with van der Waals surface area (Å²) in [5, 5.41) is 14.0. The topological polar surface area (TPSA) is 52.6 Å². The maximum atomic E-state index is 10.5. The molecule has 0 saturated heterocycles. The van der Waals surface area contributed by atoms with Gasteiger partial charge in [0, 0.05) is 17.1 Å². The summed E-state index contributed by atoms with van der Waals surface area (Å²) in [4.78, 5) is 3.40. The number of nitrogens with one attached hydrogen (secondary N) is 1. The second-order valence-corrected chi connectivity index (χ2v) is 6.94. The predicted octanol–water partition coefficient (Wildman–Crippen LogP) is 3.60. The maximum Gasteiger partial charge on any atom is 0.128 e. The SMILES string of the molecule is O[C@@H](C[NH2+]C[C@H](c1ccccc1)c1c[nH]c2ccccc12)c1ccccc1.